The van der Waals surface area contributed by atoms with Crippen LogP contribution >= 0.6 is 0 Å². The first-order valence-corrected chi connectivity index (χ1v) is 5.86. The molecular formula is C14H20N2O. The third kappa shape index (κ3) is 3.43. The number of hydrogen-bond acceptors (Lipinski definition) is 2. The van der Waals surface area contributed by atoms with Crippen molar-refractivity contribution in [2.45, 2.75) is 33.2 Å². The quantitative estimate of drug-likeness (QED) is 0.782. The van der Waals surface area contributed by atoms with Gasteiger partial charge in [0.05, 0.1) is 6.04 Å². The van der Waals surface area contributed by atoms with E-state index in [-0.39, 0.29) is 6.04 Å². The summed E-state index contributed by atoms with van der Waals surface area (Å²) in [5.74, 6) is 0. The summed E-state index contributed by atoms with van der Waals surface area (Å²) in [6.45, 7) is 5.95. The maximum atomic E-state index is 9.38. The van der Waals surface area contributed by atoms with Crippen molar-refractivity contribution in [2.24, 2.45) is 5.73 Å². The Bertz CT molecular complexity index is 486. The molecule has 0 radical (unpaired) electrons. The number of benzene rings is 1. The van der Waals surface area contributed by atoms with Gasteiger partial charge in [0, 0.05) is 17.1 Å². The molecule has 92 valence electrons. The third-order valence-electron chi connectivity index (χ3n) is 2.61. The molecule has 3 heteroatoms. The summed E-state index contributed by atoms with van der Waals surface area (Å²) in [6.07, 6.45) is 3.90. The van der Waals surface area contributed by atoms with Gasteiger partial charge in [0.25, 0.3) is 0 Å². The molecule has 0 spiro atoms. The van der Waals surface area contributed by atoms with E-state index in [1.807, 2.05) is 0 Å². The maximum Gasteiger partial charge on any atom is 0.136 e. The van der Waals surface area contributed by atoms with Crippen molar-refractivity contribution in [2.75, 3.05) is 0 Å². The van der Waals surface area contributed by atoms with Crippen LogP contribution in [0.1, 0.15) is 25.0 Å². The highest BCUT2D eigenvalue weighted by atomic mass is 16.1. The lowest BCUT2D eigenvalue weighted by atomic mass is 10.1. The van der Waals surface area contributed by atoms with Crippen molar-refractivity contribution in [1.29, 1.82) is 0 Å². The summed E-state index contributed by atoms with van der Waals surface area (Å²) in [5, 5.41) is 1.37. The van der Waals surface area contributed by atoms with Gasteiger partial charge in [-0.2, -0.15) is 0 Å². The van der Waals surface area contributed by atoms with Crippen molar-refractivity contribution in [3.8, 4) is 0 Å². The van der Waals surface area contributed by atoms with Crippen LogP contribution in [0.4, 0.5) is 0 Å². The number of hydrogen-bond donors (Lipinski definition) is 2. The smallest absolute Gasteiger partial charge is 0.136 e. The molecule has 1 aromatic carbocycles. The van der Waals surface area contributed by atoms with Crippen LogP contribution in [0, 0.1) is 6.92 Å². The van der Waals surface area contributed by atoms with Crippen molar-refractivity contribution >= 4 is 17.2 Å². The first-order valence-electron chi connectivity index (χ1n) is 5.86. The lowest BCUT2D eigenvalue weighted by Crippen LogP contribution is -2.15. The SMILES string of the molecule is CC(N)C=O.CCc1c[nH]c2c(C)cccc12. The fourth-order valence-electron chi connectivity index (χ4n) is 1.66. The number of nitrogens with two attached hydrogens (primary N) is 1. The number of aldehydes is 1. The second-order valence-electron chi connectivity index (χ2n) is 4.16. The Morgan fingerprint density at radius 3 is 2.65 bits per heavy atom. The first kappa shape index (κ1) is 13.5. The Hall–Kier alpha value is -1.61. The van der Waals surface area contributed by atoms with Gasteiger partial charge in [-0.05, 0) is 31.4 Å². The number of H-pyrrole nitrogens is 1. The van der Waals surface area contributed by atoms with Crippen LogP contribution in [0.5, 0.6) is 0 Å². The van der Waals surface area contributed by atoms with Crippen LogP contribution in [0.2, 0.25) is 0 Å². The molecule has 0 fully saturated rings. The number of carbonyl (C=O) groups is 1. The Labute approximate surface area is 102 Å². The molecule has 3 N–H and O–H groups in total. The number of para-hydroxylation sites is 1. The number of nitrogens with one attached hydrogen (secondary N) is 1. The topological polar surface area (TPSA) is 58.9 Å². The molecule has 2 rings (SSSR count). The summed E-state index contributed by atoms with van der Waals surface area (Å²) in [6, 6.07) is 6.13. The van der Waals surface area contributed by atoms with E-state index in [0.29, 0.717) is 6.29 Å². The molecule has 0 aliphatic carbocycles. The zero-order valence-corrected chi connectivity index (χ0v) is 10.7. The number of carbonyl (C=O) groups excluding carboxylic acids is 1. The van der Waals surface area contributed by atoms with Gasteiger partial charge in [0.15, 0.2) is 0 Å². The Morgan fingerprint density at radius 1 is 1.47 bits per heavy atom. The van der Waals surface area contributed by atoms with Crippen LogP contribution in [-0.2, 0) is 11.2 Å². The van der Waals surface area contributed by atoms with Crippen molar-refractivity contribution in [3.63, 3.8) is 0 Å². The molecule has 17 heavy (non-hydrogen) atoms. The largest absolute Gasteiger partial charge is 0.361 e. The van der Waals surface area contributed by atoms with E-state index < -0.39 is 0 Å². The molecule has 2 aromatic rings. The number of aromatic amines is 1. The van der Waals surface area contributed by atoms with Crippen LogP contribution in [0.15, 0.2) is 24.4 Å². The molecule has 1 heterocycles. The summed E-state index contributed by atoms with van der Waals surface area (Å²) in [4.78, 5) is 12.7. The molecule has 1 unspecified atom stereocenters. The predicted molar refractivity (Wildman–Crippen MR) is 72.1 cm³/mol. The summed E-state index contributed by atoms with van der Waals surface area (Å²) in [7, 11) is 0. The van der Waals surface area contributed by atoms with Crippen molar-refractivity contribution < 1.29 is 4.79 Å². The van der Waals surface area contributed by atoms with E-state index >= 15 is 0 Å². The number of rotatable bonds is 2. The zero-order chi connectivity index (χ0) is 12.8. The fourth-order valence-corrected chi connectivity index (χ4v) is 1.66. The van der Waals surface area contributed by atoms with Gasteiger partial charge in [0.2, 0.25) is 0 Å². The molecule has 0 saturated carbocycles. The van der Waals surface area contributed by atoms with E-state index in [1.165, 1.54) is 22.0 Å². The minimum absolute atomic E-state index is 0.296. The Balaban J connectivity index is 0.000000249. The second kappa shape index (κ2) is 6.21. The predicted octanol–water partition coefficient (Wildman–Crippen LogP) is 2.57. The van der Waals surface area contributed by atoms with Crippen molar-refractivity contribution in [3.05, 3.63) is 35.5 Å². The molecule has 0 amide bonds. The van der Waals surface area contributed by atoms with E-state index in [1.54, 1.807) is 6.92 Å². The summed E-state index contributed by atoms with van der Waals surface area (Å²) in [5.41, 5.74) is 8.95. The molecule has 0 saturated heterocycles. The third-order valence-corrected chi connectivity index (χ3v) is 2.61. The van der Waals surface area contributed by atoms with E-state index in [2.05, 4.69) is 43.2 Å². The van der Waals surface area contributed by atoms with E-state index in [4.69, 9.17) is 5.73 Å². The van der Waals surface area contributed by atoms with E-state index in [0.717, 1.165) is 6.42 Å². The van der Waals surface area contributed by atoms with Gasteiger partial charge < -0.3 is 15.5 Å². The molecule has 1 aromatic heterocycles. The lowest BCUT2D eigenvalue weighted by Gasteiger charge is -1.95. The molecular weight excluding hydrogens is 212 g/mol. The van der Waals surface area contributed by atoms with Gasteiger partial charge in [-0.15, -0.1) is 0 Å². The maximum absolute atomic E-state index is 9.38. The normalized spacial score (nSPS) is 11.8. The minimum atomic E-state index is -0.296. The Kier molecular flexibility index (Phi) is 4.91. The molecule has 0 bridgehead atoms. The summed E-state index contributed by atoms with van der Waals surface area (Å²) < 4.78 is 0. The lowest BCUT2D eigenvalue weighted by molar-refractivity contribution is -0.108. The van der Waals surface area contributed by atoms with Gasteiger partial charge in [-0.25, -0.2) is 0 Å². The highest BCUT2D eigenvalue weighted by Crippen LogP contribution is 2.20. The van der Waals surface area contributed by atoms with Crippen LogP contribution < -0.4 is 5.73 Å². The van der Waals surface area contributed by atoms with Crippen LogP contribution in [0.25, 0.3) is 10.9 Å². The van der Waals surface area contributed by atoms with Crippen molar-refractivity contribution in [1.82, 2.24) is 4.98 Å². The van der Waals surface area contributed by atoms with Crippen LogP contribution in [-0.4, -0.2) is 17.3 Å². The average Bonchev–Trinajstić information content (AvgIpc) is 2.74. The standard InChI is InChI=1S/C11H13N.C3H7NO/c1-3-9-7-12-11-8(2)5-4-6-10(9)11;1-3(4)2-5/h4-7,12H,3H2,1-2H3;2-3H,4H2,1H3. The van der Waals surface area contributed by atoms with Gasteiger partial charge >= 0.3 is 0 Å². The van der Waals surface area contributed by atoms with Gasteiger partial charge in [0.1, 0.15) is 6.29 Å². The fraction of sp³-hybridized carbons (Fsp3) is 0.357. The zero-order valence-electron chi connectivity index (χ0n) is 10.7. The highest BCUT2D eigenvalue weighted by Gasteiger charge is 2.01. The minimum Gasteiger partial charge on any atom is -0.361 e. The number of aromatic nitrogens is 1. The Morgan fingerprint density at radius 2 is 2.12 bits per heavy atom. The number of aryl methyl sites for hydroxylation is 2. The second-order valence-corrected chi connectivity index (χ2v) is 4.16. The van der Waals surface area contributed by atoms with Gasteiger partial charge in [-0.1, -0.05) is 25.1 Å². The van der Waals surface area contributed by atoms with E-state index in [9.17, 15) is 4.79 Å². The molecule has 1 atom stereocenters. The van der Waals surface area contributed by atoms with Gasteiger partial charge in [-0.3, -0.25) is 0 Å². The molecule has 0 aliphatic rings. The summed E-state index contributed by atoms with van der Waals surface area (Å²) >= 11 is 0. The molecule has 3 nitrogen and oxygen atoms in total. The first-order chi connectivity index (χ1) is 8.10. The average molecular weight is 232 g/mol. The number of fused-ring (bicyclic) bond motifs is 1. The monoisotopic (exact) mass is 232 g/mol. The highest BCUT2D eigenvalue weighted by molar-refractivity contribution is 5.85. The van der Waals surface area contributed by atoms with Crippen LogP contribution in [0.3, 0.4) is 0 Å². The molecule has 0 aliphatic heterocycles.